The summed E-state index contributed by atoms with van der Waals surface area (Å²) in [6, 6.07) is 11.7. The Bertz CT molecular complexity index is 1040. The molecule has 1 heterocycles. The molecule has 0 saturated carbocycles. The number of anilines is 1. The van der Waals surface area contributed by atoms with Gasteiger partial charge in [0.25, 0.3) is 11.1 Å². The molecular formula is C19H15Cl2N3O5S. The molecule has 0 spiro atoms. The van der Waals surface area contributed by atoms with Gasteiger partial charge in [-0.3, -0.25) is 9.59 Å². The molecule has 0 atom stereocenters. The van der Waals surface area contributed by atoms with Crippen molar-refractivity contribution in [3.05, 3.63) is 52.5 Å². The van der Waals surface area contributed by atoms with Gasteiger partial charge in [-0.25, -0.2) is 0 Å². The summed E-state index contributed by atoms with van der Waals surface area (Å²) in [5, 5.41) is 11.5. The number of benzene rings is 2. The van der Waals surface area contributed by atoms with E-state index < -0.39 is 18.5 Å². The Morgan fingerprint density at radius 1 is 1.13 bits per heavy atom. The van der Waals surface area contributed by atoms with Crippen LogP contribution in [0.2, 0.25) is 10.0 Å². The summed E-state index contributed by atoms with van der Waals surface area (Å²) in [6.07, 6.45) is 0. The molecule has 3 aromatic rings. The number of ether oxygens (including phenoxy) is 2. The van der Waals surface area contributed by atoms with Gasteiger partial charge < -0.3 is 19.2 Å². The fourth-order valence-corrected chi connectivity index (χ4v) is 3.17. The van der Waals surface area contributed by atoms with Gasteiger partial charge in [-0.1, -0.05) is 35.0 Å². The summed E-state index contributed by atoms with van der Waals surface area (Å²) in [5.41, 5.74) is 1.16. The van der Waals surface area contributed by atoms with Crippen molar-refractivity contribution in [3.8, 4) is 17.2 Å². The zero-order chi connectivity index (χ0) is 21.5. The second-order valence-electron chi connectivity index (χ2n) is 5.73. The van der Waals surface area contributed by atoms with Crippen LogP contribution in [0.3, 0.4) is 0 Å². The predicted molar refractivity (Wildman–Crippen MR) is 113 cm³/mol. The summed E-state index contributed by atoms with van der Waals surface area (Å²) in [7, 11) is 1.49. The van der Waals surface area contributed by atoms with Crippen molar-refractivity contribution >= 4 is 52.5 Å². The maximum atomic E-state index is 11.9. The van der Waals surface area contributed by atoms with E-state index in [2.05, 4.69) is 15.5 Å². The van der Waals surface area contributed by atoms with Crippen LogP contribution >= 0.6 is 35.0 Å². The van der Waals surface area contributed by atoms with E-state index in [1.807, 2.05) is 0 Å². The minimum atomic E-state index is -0.603. The Morgan fingerprint density at radius 2 is 1.90 bits per heavy atom. The highest BCUT2D eigenvalue weighted by Gasteiger charge is 2.13. The maximum absolute atomic E-state index is 11.9. The van der Waals surface area contributed by atoms with E-state index in [0.29, 0.717) is 32.9 Å². The van der Waals surface area contributed by atoms with Crippen LogP contribution in [-0.4, -0.2) is 41.5 Å². The lowest BCUT2D eigenvalue weighted by molar-refractivity contribution is -0.144. The van der Waals surface area contributed by atoms with Crippen LogP contribution in [0, 0.1) is 0 Å². The lowest BCUT2D eigenvalue weighted by Crippen LogP contribution is -2.21. The molecule has 0 radical (unpaired) electrons. The molecule has 0 fully saturated rings. The molecular weight excluding hydrogens is 453 g/mol. The highest BCUT2D eigenvalue weighted by Crippen LogP contribution is 2.27. The zero-order valence-electron chi connectivity index (χ0n) is 15.6. The van der Waals surface area contributed by atoms with E-state index in [0.717, 1.165) is 11.8 Å². The summed E-state index contributed by atoms with van der Waals surface area (Å²) >= 11 is 12.8. The number of aromatic nitrogens is 2. The molecule has 0 unspecified atom stereocenters. The van der Waals surface area contributed by atoms with Crippen LogP contribution in [0.4, 0.5) is 5.69 Å². The van der Waals surface area contributed by atoms with Gasteiger partial charge in [0.05, 0.1) is 12.1 Å². The standard InChI is InChI=1S/C19H15Cl2N3O5S/c1-27-15-7-6-13(8-14(15)21)22-16(25)9-28-17(26)10-30-19-24-23-18(29-19)11-2-4-12(20)5-3-11/h2-8H,9-10H2,1H3,(H,22,25). The molecule has 8 nitrogen and oxygen atoms in total. The molecule has 156 valence electrons. The molecule has 0 saturated heterocycles. The third-order valence-electron chi connectivity index (χ3n) is 3.61. The van der Waals surface area contributed by atoms with E-state index in [1.165, 1.54) is 13.2 Å². The first-order valence-corrected chi connectivity index (χ1v) is 10.2. The number of rotatable bonds is 8. The average molecular weight is 468 g/mol. The molecule has 3 rings (SSSR count). The van der Waals surface area contributed by atoms with Gasteiger partial charge >= 0.3 is 5.97 Å². The van der Waals surface area contributed by atoms with Crippen LogP contribution < -0.4 is 10.1 Å². The lowest BCUT2D eigenvalue weighted by Gasteiger charge is -2.08. The highest BCUT2D eigenvalue weighted by molar-refractivity contribution is 7.99. The SMILES string of the molecule is COc1ccc(NC(=O)COC(=O)CSc2nnc(-c3ccc(Cl)cc3)o2)cc1Cl. The monoisotopic (exact) mass is 467 g/mol. The van der Waals surface area contributed by atoms with Crippen molar-refractivity contribution < 1.29 is 23.5 Å². The Hall–Kier alpha value is -2.75. The molecule has 0 aliphatic rings. The number of hydrogen-bond donors (Lipinski definition) is 1. The molecule has 0 aliphatic carbocycles. The Balaban J connectivity index is 1.43. The second-order valence-corrected chi connectivity index (χ2v) is 7.50. The predicted octanol–water partition coefficient (Wildman–Crippen LogP) is 4.33. The summed E-state index contributed by atoms with van der Waals surface area (Å²) in [6.45, 7) is -0.442. The Labute approximate surface area is 185 Å². The molecule has 30 heavy (non-hydrogen) atoms. The van der Waals surface area contributed by atoms with Gasteiger partial charge in [0.2, 0.25) is 5.89 Å². The number of esters is 1. The maximum Gasteiger partial charge on any atom is 0.316 e. The number of nitrogens with one attached hydrogen (secondary N) is 1. The number of methoxy groups -OCH3 is 1. The zero-order valence-corrected chi connectivity index (χ0v) is 17.9. The Morgan fingerprint density at radius 3 is 2.60 bits per heavy atom. The third kappa shape index (κ3) is 6.12. The summed E-state index contributed by atoms with van der Waals surface area (Å²) in [4.78, 5) is 23.8. The summed E-state index contributed by atoms with van der Waals surface area (Å²) in [5.74, 6) is -0.408. The smallest absolute Gasteiger partial charge is 0.316 e. The molecule has 0 aliphatic heterocycles. The van der Waals surface area contributed by atoms with Crippen LogP contribution in [0.25, 0.3) is 11.5 Å². The van der Waals surface area contributed by atoms with Gasteiger partial charge in [0, 0.05) is 16.3 Å². The van der Waals surface area contributed by atoms with Crippen molar-refractivity contribution in [3.63, 3.8) is 0 Å². The minimum absolute atomic E-state index is 0.0934. The first kappa shape index (κ1) is 21.9. The first-order chi connectivity index (χ1) is 14.4. The number of carbonyl (C=O) groups is 2. The van der Waals surface area contributed by atoms with E-state index in [1.54, 1.807) is 36.4 Å². The van der Waals surface area contributed by atoms with Gasteiger partial charge in [-0.2, -0.15) is 0 Å². The van der Waals surface area contributed by atoms with E-state index in [4.69, 9.17) is 37.1 Å². The summed E-state index contributed by atoms with van der Waals surface area (Å²) < 4.78 is 15.5. The number of carbonyl (C=O) groups excluding carboxylic acids is 2. The first-order valence-electron chi connectivity index (χ1n) is 8.46. The molecule has 11 heteroatoms. The minimum Gasteiger partial charge on any atom is -0.495 e. The normalized spacial score (nSPS) is 10.5. The molecule has 2 aromatic carbocycles. The number of thioether (sulfide) groups is 1. The van der Waals surface area contributed by atoms with Gasteiger partial charge in [-0.15, -0.1) is 10.2 Å². The molecule has 1 aromatic heterocycles. The fraction of sp³-hybridized carbons (Fsp3) is 0.158. The fourth-order valence-electron chi connectivity index (χ4n) is 2.23. The van der Waals surface area contributed by atoms with Crippen LogP contribution in [-0.2, 0) is 14.3 Å². The number of halogens is 2. The third-order valence-corrected chi connectivity index (χ3v) is 4.95. The second kappa shape index (κ2) is 10.3. The van der Waals surface area contributed by atoms with Crippen LogP contribution in [0.5, 0.6) is 5.75 Å². The van der Waals surface area contributed by atoms with Crippen molar-refractivity contribution in [2.24, 2.45) is 0 Å². The number of hydrogen-bond acceptors (Lipinski definition) is 8. The van der Waals surface area contributed by atoms with E-state index in [-0.39, 0.29) is 11.0 Å². The largest absolute Gasteiger partial charge is 0.495 e. The Kier molecular flexibility index (Phi) is 7.56. The van der Waals surface area contributed by atoms with Crippen molar-refractivity contribution in [1.29, 1.82) is 0 Å². The molecule has 1 N–H and O–H groups in total. The van der Waals surface area contributed by atoms with Crippen LogP contribution in [0.15, 0.2) is 52.1 Å². The van der Waals surface area contributed by atoms with E-state index in [9.17, 15) is 9.59 Å². The lowest BCUT2D eigenvalue weighted by atomic mass is 10.2. The van der Waals surface area contributed by atoms with Gasteiger partial charge in [0.1, 0.15) is 11.5 Å². The average Bonchev–Trinajstić information content (AvgIpc) is 3.20. The van der Waals surface area contributed by atoms with Crippen molar-refractivity contribution in [2.75, 3.05) is 24.8 Å². The number of nitrogens with zero attached hydrogens (tertiary/aromatic N) is 2. The topological polar surface area (TPSA) is 104 Å². The van der Waals surface area contributed by atoms with Crippen molar-refractivity contribution in [1.82, 2.24) is 10.2 Å². The van der Waals surface area contributed by atoms with Crippen molar-refractivity contribution in [2.45, 2.75) is 5.22 Å². The molecule has 0 bridgehead atoms. The number of amides is 1. The van der Waals surface area contributed by atoms with Gasteiger partial charge in [-0.05, 0) is 42.5 Å². The van der Waals surface area contributed by atoms with Crippen LogP contribution in [0.1, 0.15) is 0 Å². The highest BCUT2D eigenvalue weighted by atomic mass is 35.5. The van der Waals surface area contributed by atoms with Gasteiger partial charge in [0.15, 0.2) is 6.61 Å². The molecule has 1 amide bonds. The van der Waals surface area contributed by atoms with E-state index >= 15 is 0 Å². The quantitative estimate of drug-likeness (QED) is 0.385.